The number of aryl methyl sites for hydroxylation is 2. The van der Waals surface area contributed by atoms with Crippen LogP contribution >= 0.6 is 0 Å². The van der Waals surface area contributed by atoms with Gasteiger partial charge in [0, 0.05) is 0 Å². The van der Waals surface area contributed by atoms with E-state index in [1.165, 1.54) is 12.1 Å². The monoisotopic (exact) mass is 300 g/mol. The highest BCUT2D eigenvalue weighted by molar-refractivity contribution is 7.89. The molecule has 4 N–H and O–H groups in total. The summed E-state index contributed by atoms with van der Waals surface area (Å²) >= 11 is 0. The van der Waals surface area contributed by atoms with Gasteiger partial charge in [0.2, 0.25) is 15.9 Å². The van der Waals surface area contributed by atoms with E-state index in [4.69, 9.17) is 10.8 Å². The zero-order valence-corrected chi connectivity index (χ0v) is 11.9. The van der Waals surface area contributed by atoms with Gasteiger partial charge >= 0.3 is 5.97 Å². The summed E-state index contributed by atoms with van der Waals surface area (Å²) in [7, 11) is -4.03. The Morgan fingerprint density at radius 2 is 1.90 bits per heavy atom. The first-order valence-corrected chi connectivity index (χ1v) is 7.22. The van der Waals surface area contributed by atoms with E-state index in [2.05, 4.69) is 0 Å². The summed E-state index contributed by atoms with van der Waals surface area (Å²) in [5.41, 5.74) is 6.57. The Morgan fingerprint density at radius 3 is 2.35 bits per heavy atom. The van der Waals surface area contributed by atoms with Gasteiger partial charge in [-0.1, -0.05) is 6.07 Å². The van der Waals surface area contributed by atoms with Crippen molar-refractivity contribution in [1.29, 1.82) is 0 Å². The second kappa shape index (κ2) is 6.02. The van der Waals surface area contributed by atoms with E-state index in [1.54, 1.807) is 13.0 Å². The van der Waals surface area contributed by atoms with Crippen LogP contribution in [0, 0.1) is 13.8 Å². The topological polar surface area (TPSA) is 127 Å². The molecule has 0 aliphatic carbocycles. The van der Waals surface area contributed by atoms with Gasteiger partial charge in [-0.15, -0.1) is 0 Å². The van der Waals surface area contributed by atoms with Crippen LogP contribution in [0.3, 0.4) is 0 Å². The fourth-order valence-corrected chi connectivity index (χ4v) is 2.79. The highest BCUT2D eigenvalue weighted by Crippen LogP contribution is 2.15. The van der Waals surface area contributed by atoms with E-state index in [1.807, 2.05) is 11.6 Å². The first-order valence-electron chi connectivity index (χ1n) is 5.74. The number of aliphatic carboxylic acids is 1. The van der Waals surface area contributed by atoms with E-state index >= 15 is 0 Å². The molecule has 0 saturated carbocycles. The molecule has 0 aliphatic rings. The molecule has 1 unspecified atom stereocenters. The summed E-state index contributed by atoms with van der Waals surface area (Å²) < 4.78 is 26.1. The Kier molecular flexibility index (Phi) is 4.85. The van der Waals surface area contributed by atoms with Gasteiger partial charge in [-0.25, -0.2) is 8.42 Å². The summed E-state index contributed by atoms with van der Waals surface area (Å²) in [6.07, 6.45) is -0.612. The van der Waals surface area contributed by atoms with E-state index in [0.717, 1.165) is 11.1 Å². The number of carboxylic acid groups (broad SMARTS) is 1. The molecule has 0 spiro atoms. The van der Waals surface area contributed by atoms with Crippen LogP contribution in [0.4, 0.5) is 0 Å². The first kappa shape index (κ1) is 16.1. The number of carbonyl (C=O) groups excluding carboxylic acids is 1. The zero-order chi connectivity index (χ0) is 15.5. The lowest BCUT2D eigenvalue weighted by Crippen LogP contribution is -2.43. The number of nitrogens with one attached hydrogen (secondary N) is 1. The summed E-state index contributed by atoms with van der Waals surface area (Å²) in [6, 6.07) is 2.83. The lowest BCUT2D eigenvalue weighted by atomic mass is 10.1. The van der Waals surface area contributed by atoms with Crippen molar-refractivity contribution in [2.24, 2.45) is 5.73 Å². The normalized spacial score (nSPS) is 12.9. The molecule has 0 aromatic heterocycles. The van der Waals surface area contributed by atoms with Gasteiger partial charge in [-0.3, -0.25) is 9.59 Å². The SMILES string of the molecule is Cc1ccc(S(=O)(=O)NC(CC(N)=O)C(=O)O)cc1C. The number of rotatable bonds is 6. The Morgan fingerprint density at radius 1 is 1.30 bits per heavy atom. The van der Waals surface area contributed by atoms with Crippen LogP contribution in [0.2, 0.25) is 0 Å². The van der Waals surface area contributed by atoms with Crippen LogP contribution in [0.15, 0.2) is 23.1 Å². The third-order valence-electron chi connectivity index (χ3n) is 2.79. The molecule has 7 nitrogen and oxygen atoms in total. The van der Waals surface area contributed by atoms with Crippen molar-refractivity contribution in [2.75, 3.05) is 0 Å². The molecule has 0 fully saturated rings. The summed E-state index contributed by atoms with van der Waals surface area (Å²) in [5, 5.41) is 8.90. The van der Waals surface area contributed by atoms with Crippen molar-refractivity contribution in [2.45, 2.75) is 31.2 Å². The highest BCUT2D eigenvalue weighted by Gasteiger charge is 2.27. The Balaban J connectivity index is 3.06. The lowest BCUT2D eigenvalue weighted by Gasteiger charge is -2.14. The molecule has 0 radical (unpaired) electrons. The molecule has 0 bridgehead atoms. The maximum absolute atomic E-state index is 12.1. The molecule has 110 valence electrons. The van der Waals surface area contributed by atoms with Crippen molar-refractivity contribution < 1.29 is 23.1 Å². The minimum absolute atomic E-state index is 0.0590. The number of nitrogens with two attached hydrogens (primary N) is 1. The smallest absolute Gasteiger partial charge is 0.322 e. The van der Waals surface area contributed by atoms with Crippen LogP contribution in [0.25, 0.3) is 0 Å². The number of carbonyl (C=O) groups is 2. The third kappa shape index (κ3) is 4.04. The van der Waals surface area contributed by atoms with E-state index in [9.17, 15) is 18.0 Å². The van der Waals surface area contributed by atoms with Crippen LogP contribution in [0.1, 0.15) is 17.5 Å². The second-order valence-corrected chi connectivity index (χ2v) is 6.14. The Labute approximate surface area is 116 Å². The van der Waals surface area contributed by atoms with Crippen LogP contribution < -0.4 is 10.5 Å². The van der Waals surface area contributed by atoms with Crippen LogP contribution in [0.5, 0.6) is 0 Å². The van der Waals surface area contributed by atoms with E-state index in [0.29, 0.717) is 0 Å². The molecule has 0 aliphatic heterocycles. The molecular formula is C12H16N2O5S. The maximum Gasteiger partial charge on any atom is 0.322 e. The fraction of sp³-hybridized carbons (Fsp3) is 0.333. The minimum Gasteiger partial charge on any atom is -0.480 e. The summed E-state index contributed by atoms with van der Waals surface area (Å²) in [4.78, 5) is 21.6. The molecule has 1 aromatic carbocycles. The second-order valence-electron chi connectivity index (χ2n) is 4.43. The van der Waals surface area contributed by atoms with Gasteiger partial charge in [0.1, 0.15) is 6.04 Å². The van der Waals surface area contributed by atoms with Gasteiger partial charge in [-0.05, 0) is 37.1 Å². The number of hydrogen-bond acceptors (Lipinski definition) is 4. The molecule has 1 amide bonds. The van der Waals surface area contributed by atoms with Crippen LogP contribution in [-0.4, -0.2) is 31.4 Å². The maximum atomic E-state index is 12.1. The van der Waals surface area contributed by atoms with Crippen LogP contribution in [-0.2, 0) is 19.6 Å². The van der Waals surface area contributed by atoms with Crippen molar-refractivity contribution in [1.82, 2.24) is 4.72 Å². The summed E-state index contributed by atoms with van der Waals surface area (Å²) in [5.74, 6) is -2.36. The van der Waals surface area contributed by atoms with Gasteiger partial charge in [0.05, 0.1) is 11.3 Å². The Hall–Kier alpha value is -1.93. The average molecular weight is 300 g/mol. The molecule has 20 heavy (non-hydrogen) atoms. The zero-order valence-electron chi connectivity index (χ0n) is 11.1. The number of carboxylic acids is 1. The number of primary amides is 1. The van der Waals surface area contributed by atoms with Crippen molar-refractivity contribution >= 4 is 21.9 Å². The molecular weight excluding hydrogens is 284 g/mol. The molecule has 1 aromatic rings. The summed E-state index contributed by atoms with van der Waals surface area (Å²) in [6.45, 7) is 3.57. The van der Waals surface area contributed by atoms with Gasteiger partial charge in [-0.2, -0.15) is 4.72 Å². The van der Waals surface area contributed by atoms with Crippen molar-refractivity contribution in [3.05, 3.63) is 29.3 Å². The number of benzene rings is 1. The van der Waals surface area contributed by atoms with E-state index < -0.39 is 34.4 Å². The molecule has 8 heteroatoms. The quantitative estimate of drug-likeness (QED) is 0.676. The standard InChI is InChI=1S/C12H16N2O5S/c1-7-3-4-9(5-8(7)2)20(18,19)14-10(12(16)17)6-11(13)15/h3-5,10,14H,6H2,1-2H3,(H2,13,15)(H,16,17). The van der Waals surface area contributed by atoms with Crippen molar-refractivity contribution in [3.8, 4) is 0 Å². The number of sulfonamides is 1. The van der Waals surface area contributed by atoms with Crippen molar-refractivity contribution in [3.63, 3.8) is 0 Å². The van der Waals surface area contributed by atoms with E-state index in [-0.39, 0.29) is 4.90 Å². The molecule has 1 atom stereocenters. The number of amides is 1. The first-order chi connectivity index (χ1) is 9.13. The lowest BCUT2D eigenvalue weighted by molar-refractivity contribution is -0.140. The predicted octanol–water partition coefficient (Wildman–Crippen LogP) is -0.0897. The highest BCUT2D eigenvalue weighted by atomic mass is 32.2. The third-order valence-corrected chi connectivity index (χ3v) is 4.26. The van der Waals surface area contributed by atoms with Gasteiger partial charge in [0.15, 0.2) is 0 Å². The number of hydrogen-bond donors (Lipinski definition) is 3. The average Bonchev–Trinajstić information content (AvgIpc) is 2.30. The van der Waals surface area contributed by atoms with Gasteiger partial charge < -0.3 is 10.8 Å². The fourth-order valence-electron chi connectivity index (χ4n) is 1.52. The van der Waals surface area contributed by atoms with Gasteiger partial charge in [0.25, 0.3) is 0 Å². The minimum atomic E-state index is -4.03. The molecule has 0 heterocycles. The Bertz CT molecular complexity index is 639. The molecule has 0 saturated heterocycles. The molecule has 1 rings (SSSR count). The largest absolute Gasteiger partial charge is 0.480 e. The predicted molar refractivity (Wildman–Crippen MR) is 71.5 cm³/mol.